The molecule has 1 saturated heterocycles. The van der Waals surface area contributed by atoms with Crippen LogP contribution in [0.2, 0.25) is 0 Å². The first-order chi connectivity index (χ1) is 11.1. The smallest absolute Gasteiger partial charge is 0.228 e. The van der Waals surface area contributed by atoms with Gasteiger partial charge in [-0.1, -0.05) is 31.2 Å². The zero-order chi connectivity index (χ0) is 16.8. The molecule has 0 spiro atoms. The summed E-state index contributed by atoms with van der Waals surface area (Å²) in [5, 5.41) is 0. The predicted octanol–water partition coefficient (Wildman–Crippen LogP) is 2.80. The number of anilines is 1. The van der Waals surface area contributed by atoms with E-state index >= 15 is 0 Å². The average molecular weight is 312 g/mol. The molecule has 0 aliphatic carbocycles. The summed E-state index contributed by atoms with van der Waals surface area (Å²) in [5.41, 5.74) is 2.10. The highest BCUT2D eigenvalue weighted by Crippen LogP contribution is 2.26. The van der Waals surface area contributed by atoms with Gasteiger partial charge in [0.1, 0.15) is 0 Å². The van der Waals surface area contributed by atoms with Gasteiger partial charge in [0, 0.05) is 31.7 Å². The van der Waals surface area contributed by atoms with Gasteiger partial charge in [0.15, 0.2) is 0 Å². The Kier molecular flexibility index (Phi) is 5.74. The molecular weight excluding hydrogens is 288 g/mol. The van der Waals surface area contributed by atoms with Crippen LogP contribution < -0.4 is 4.90 Å². The molecule has 1 fully saturated rings. The summed E-state index contributed by atoms with van der Waals surface area (Å²) in [6.45, 7) is 10.8. The number of benzene rings is 1. The number of hydrogen-bond donors (Lipinski definition) is 0. The van der Waals surface area contributed by atoms with E-state index in [1.807, 2.05) is 24.3 Å². The molecule has 1 aromatic carbocycles. The number of carbonyl (C=O) groups excluding carboxylic acids is 2. The molecule has 0 aromatic heterocycles. The molecule has 1 atom stereocenters. The van der Waals surface area contributed by atoms with Crippen molar-refractivity contribution in [2.75, 3.05) is 24.5 Å². The molecule has 122 valence electrons. The summed E-state index contributed by atoms with van der Waals surface area (Å²) in [4.78, 5) is 28.3. The first kappa shape index (κ1) is 17.0. The fraction of sp³-hybridized carbons (Fsp3) is 0.368. The Bertz CT molecular complexity index is 582. The van der Waals surface area contributed by atoms with Gasteiger partial charge in [-0.15, -0.1) is 13.2 Å². The van der Waals surface area contributed by atoms with E-state index in [1.54, 1.807) is 22.0 Å². The summed E-state index contributed by atoms with van der Waals surface area (Å²) in [6, 6.07) is 7.96. The van der Waals surface area contributed by atoms with Crippen molar-refractivity contribution in [2.24, 2.45) is 5.92 Å². The minimum Gasteiger partial charge on any atom is -0.335 e. The standard InChI is InChI=1S/C19H24N2O2/c1-4-11-20(12-5-2)19(23)16-13-18(22)21(14-16)17-9-7-15(6-3)8-10-17/h4-5,7-10,16H,1-2,6,11-14H2,3H3. The van der Waals surface area contributed by atoms with Crippen LogP contribution in [0.1, 0.15) is 18.9 Å². The number of amides is 2. The van der Waals surface area contributed by atoms with Gasteiger partial charge in [0.2, 0.25) is 11.8 Å². The SMILES string of the molecule is C=CCN(CC=C)C(=O)C1CC(=O)N(c2ccc(CC)cc2)C1. The Labute approximate surface area is 138 Å². The normalized spacial score (nSPS) is 17.2. The van der Waals surface area contributed by atoms with Crippen LogP contribution in [0.15, 0.2) is 49.6 Å². The van der Waals surface area contributed by atoms with E-state index in [0.717, 1.165) is 12.1 Å². The van der Waals surface area contributed by atoms with Crippen molar-refractivity contribution in [3.8, 4) is 0 Å². The van der Waals surface area contributed by atoms with Crippen molar-refractivity contribution < 1.29 is 9.59 Å². The Morgan fingerprint density at radius 2 is 1.87 bits per heavy atom. The van der Waals surface area contributed by atoms with Crippen molar-refractivity contribution in [1.29, 1.82) is 0 Å². The van der Waals surface area contributed by atoms with Crippen LogP contribution in [0.4, 0.5) is 5.69 Å². The second-order valence-electron chi connectivity index (χ2n) is 5.75. The van der Waals surface area contributed by atoms with Crippen molar-refractivity contribution in [2.45, 2.75) is 19.8 Å². The van der Waals surface area contributed by atoms with Crippen LogP contribution in [-0.2, 0) is 16.0 Å². The molecule has 1 aromatic rings. The molecule has 4 nitrogen and oxygen atoms in total. The van der Waals surface area contributed by atoms with Gasteiger partial charge in [-0.3, -0.25) is 9.59 Å². The third-order valence-corrected chi connectivity index (χ3v) is 4.14. The largest absolute Gasteiger partial charge is 0.335 e. The maximum absolute atomic E-state index is 12.6. The van der Waals surface area contributed by atoms with Crippen LogP contribution in [0.3, 0.4) is 0 Å². The second kappa shape index (κ2) is 7.77. The molecule has 0 N–H and O–H groups in total. The monoisotopic (exact) mass is 312 g/mol. The number of rotatable bonds is 7. The third kappa shape index (κ3) is 3.89. The zero-order valence-corrected chi connectivity index (χ0v) is 13.7. The molecule has 0 saturated carbocycles. The first-order valence-corrected chi connectivity index (χ1v) is 8.00. The summed E-state index contributed by atoms with van der Waals surface area (Å²) in [5.74, 6) is -0.302. The summed E-state index contributed by atoms with van der Waals surface area (Å²) < 4.78 is 0. The quantitative estimate of drug-likeness (QED) is 0.726. The van der Waals surface area contributed by atoms with E-state index in [9.17, 15) is 9.59 Å². The molecule has 0 bridgehead atoms. The number of nitrogens with zero attached hydrogens (tertiary/aromatic N) is 2. The Morgan fingerprint density at radius 3 is 2.39 bits per heavy atom. The van der Waals surface area contributed by atoms with Gasteiger partial charge in [0.05, 0.1) is 5.92 Å². The molecular formula is C19H24N2O2. The maximum Gasteiger partial charge on any atom is 0.228 e. The van der Waals surface area contributed by atoms with Crippen LogP contribution >= 0.6 is 0 Å². The highest BCUT2D eigenvalue weighted by molar-refractivity contribution is 6.00. The molecule has 1 heterocycles. The minimum atomic E-state index is -0.298. The summed E-state index contributed by atoms with van der Waals surface area (Å²) in [6.07, 6.45) is 4.62. The summed E-state index contributed by atoms with van der Waals surface area (Å²) >= 11 is 0. The Hall–Kier alpha value is -2.36. The van der Waals surface area contributed by atoms with Gasteiger partial charge in [-0.25, -0.2) is 0 Å². The molecule has 4 heteroatoms. The lowest BCUT2D eigenvalue weighted by Gasteiger charge is -2.23. The topological polar surface area (TPSA) is 40.6 Å². The van der Waals surface area contributed by atoms with Crippen LogP contribution in [0, 0.1) is 5.92 Å². The first-order valence-electron chi connectivity index (χ1n) is 8.00. The molecule has 2 amide bonds. The number of carbonyl (C=O) groups is 2. The van der Waals surface area contributed by atoms with Crippen LogP contribution in [0.25, 0.3) is 0 Å². The van der Waals surface area contributed by atoms with Gasteiger partial charge in [-0.2, -0.15) is 0 Å². The fourth-order valence-corrected chi connectivity index (χ4v) is 2.86. The molecule has 1 unspecified atom stereocenters. The van der Waals surface area contributed by atoms with E-state index in [4.69, 9.17) is 0 Å². The predicted molar refractivity (Wildman–Crippen MR) is 93.3 cm³/mol. The van der Waals surface area contributed by atoms with Gasteiger partial charge >= 0.3 is 0 Å². The van der Waals surface area contributed by atoms with Crippen molar-refractivity contribution >= 4 is 17.5 Å². The number of hydrogen-bond acceptors (Lipinski definition) is 2. The Morgan fingerprint density at radius 1 is 1.26 bits per heavy atom. The van der Waals surface area contributed by atoms with Gasteiger partial charge in [0.25, 0.3) is 0 Å². The van der Waals surface area contributed by atoms with E-state index < -0.39 is 0 Å². The van der Waals surface area contributed by atoms with Crippen molar-refractivity contribution in [1.82, 2.24) is 4.90 Å². The van der Waals surface area contributed by atoms with Crippen molar-refractivity contribution in [3.63, 3.8) is 0 Å². The fourth-order valence-electron chi connectivity index (χ4n) is 2.86. The lowest BCUT2D eigenvalue weighted by molar-refractivity contribution is -0.134. The van der Waals surface area contributed by atoms with E-state index in [0.29, 0.717) is 19.6 Å². The van der Waals surface area contributed by atoms with E-state index in [2.05, 4.69) is 20.1 Å². The lowest BCUT2D eigenvalue weighted by Crippen LogP contribution is -2.37. The van der Waals surface area contributed by atoms with Gasteiger partial charge < -0.3 is 9.80 Å². The lowest BCUT2D eigenvalue weighted by atomic mass is 10.1. The molecule has 23 heavy (non-hydrogen) atoms. The minimum absolute atomic E-state index is 0.00440. The van der Waals surface area contributed by atoms with E-state index in [1.165, 1.54) is 5.56 Å². The van der Waals surface area contributed by atoms with Crippen LogP contribution in [0.5, 0.6) is 0 Å². The highest BCUT2D eigenvalue weighted by atomic mass is 16.2. The zero-order valence-electron chi connectivity index (χ0n) is 13.7. The highest BCUT2D eigenvalue weighted by Gasteiger charge is 2.36. The van der Waals surface area contributed by atoms with Crippen LogP contribution in [-0.4, -0.2) is 36.3 Å². The van der Waals surface area contributed by atoms with Gasteiger partial charge in [-0.05, 0) is 24.1 Å². The molecule has 1 aliphatic heterocycles. The average Bonchev–Trinajstić information content (AvgIpc) is 2.96. The molecule has 0 radical (unpaired) electrons. The summed E-state index contributed by atoms with van der Waals surface area (Å²) in [7, 11) is 0. The Balaban J connectivity index is 2.10. The second-order valence-corrected chi connectivity index (χ2v) is 5.75. The van der Waals surface area contributed by atoms with E-state index in [-0.39, 0.29) is 24.2 Å². The molecule has 2 rings (SSSR count). The maximum atomic E-state index is 12.6. The third-order valence-electron chi connectivity index (χ3n) is 4.14. The number of aryl methyl sites for hydroxylation is 1. The van der Waals surface area contributed by atoms with Crippen molar-refractivity contribution in [3.05, 3.63) is 55.1 Å². The molecule has 1 aliphatic rings.